The molecule has 0 aliphatic heterocycles. The summed E-state index contributed by atoms with van der Waals surface area (Å²) in [5, 5.41) is 16.3. The van der Waals surface area contributed by atoms with Gasteiger partial charge in [0.1, 0.15) is 4.88 Å². The molecule has 2 rings (SSSR count). The number of amidine groups is 1. The summed E-state index contributed by atoms with van der Waals surface area (Å²) in [6.45, 7) is 0. The van der Waals surface area contributed by atoms with Crippen LogP contribution < -0.4 is 11.1 Å². The molecule has 1 aromatic carbocycles. The van der Waals surface area contributed by atoms with Crippen LogP contribution in [-0.4, -0.2) is 17.0 Å². The standard InChI is InChI=1S/C12H10ClN3O2S/c13-9-5-6-19-10(9)12(17)15-8-3-1-7(2-4-8)11(14)16-18/h1-6,18H,(H2,14,16)(H,15,17). The molecule has 5 nitrogen and oxygen atoms in total. The van der Waals surface area contributed by atoms with E-state index in [0.29, 0.717) is 21.2 Å². The van der Waals surface area contributed by atoms with E-state index in [4.69, 9.17) is 22.5 Å². The predicted octanol–water partition coefficient (Wildman–Crippen LogP) is 2.75. The maximum absolute atomic E-state index is 11.9. The number of nitrogens with zero attached hydrogens (tertiary/aromatic N) is 1. The fourth-order valence-corrected chi connectivity index (χ4v) is 2.46. The fourth-order valence-electron chi connectivity index (χ4n) is 1.43. The second kappa shape index (κ2) is 5.73. The van der Waals surface area contributed by atoms with Gasteiger partial charge in [0.25, 0.3) is 5.91 Å². The first-order valence-corrected chi connectivity index (χ1v) is 6.50. The summed E-state index contributed by atoms with van der Waals surface area (Å²) in [4.78, 5) is 12.4. The zero-order valence-electron chi connectivity index (χ0n) is 9.63. The zero-order chi connectivity index (χ0) is 13.8. The number of nitrogens with one attached hydrogen (secondary N) is 1. The maximum Gasteiger partial charge on any atom is 0.267 e. The lowest BCUT2D eigenvalue weighted by Crippen LogP contribution is -2.14. The molecule has 0 unspecified atom stereocenters. The molecule has 98 valence electrons. The number of hydrogen-bond donors (Lipinski definition) is 3. The largest absolute Gasteiger partial charge is 0.409 e. The Bertz CT molecular complexity index is 622. The number of carbonyl (C=O) groups excluding carboxylic acids is 1. The summed E-state index contributed by atoms with van der Waals surface area (Å²) in [7, 11) is 0. The van der Waals surface area contributed by atoms with Gasteiger partial charge in [-0.2, -0.15) is 0 Å². The zero-order valence-corrected chi connectivity index (χ0v) is 11.2. The van der Waals surface area contributed by atoms with Crippen LogP contribution in [0.25, 0.3) is 0 Å². The molecule has 0 radical (unpaired) electrons. The second-order valence-corrected chi connectivity index (χ2v) is 4.94. The van der Waals surface area contributed by atoms with Gasteiger partial charge >= 0.3 is 0 Å². The maximum atomic E-state index is 11.9. The van der Waals surface area contributed by atoms with Crippen molar-refractivity contribution < 1.29 is 10.0 Å². The van der Waals surface area contributed by atoms with Gasteiger partial charge in [0.2, 0.25) is 0 Å². The highest BCUT2D eigenvalue weighted by Crippen LogP contribution is 2.23. The van der Waals surface area contributed by atoms with Gasteiger partial charge in [-0.3, -0.25) is 4.79 Å². The Kier molecular flexibility index (Phi) is 4.03. The molecule has 0 bridgehead atoms. The number of carbonyl (C=O) groups is 1. The van der Waals surface area contributed by atoms with E-state index in [-0.39, 0.29) is 11.7 Å². The predicted molar refractivity (Wildman–Crippen MR) is 76.2 cm³/mol. The molecule has 19 heavy (non-hydrogen) atoms. The number of benzene rings is 1. The lowest BCUT2D eigenvalue weighted by atomic mass is 10.2. The average molecular weight is 296 g/mol. The Morgan fingerprint density at radius 3 is 2.53 bits per heavy atom. The molecule has 4 N–H and O–H groups in total. The molecule has 0 spiro atoms. The average Bonchev–Trinajstić information content (AvgIpc) is 2.85. The van der Waals surface area contributed by atoms with E-state index in [1.54, 1.807) is 35.7 Å². The lowest BCUT2D eigenvalue weighted by molar-refractivity contribution is 0.103. The van der Waals surface area contributed by atoms with Crippen molar-refractivity contribution in [3.63, 3.8) is 0 Å². The molecule has 7 heteroatoms. The normalized spacial score (nSPS) is 11.3. The van der Waals surface area contributed by atoms with Crippen LogP contribution >= 0.6 is 22.9 Å². The Hall–Kier alpha value is -2.05. The Labute approximate surface area is 118 Å². The van der Waals surface area contributed by atoms with E-state index < -0.39 is 0 Å². The van der Waals surface area contributed by atoms with Crippen LogP contribution in [0.1, 0.15) is 15.2 Å². The van der Waals surface area contributed by atoms with Crippen LogP contribution in [0.2, 0.25) is 5.02 Å². The third kappa shape index (κ3) is 3.04. The minimum Gasteiger partial charge on any atom is -0.409 e. The number of oxime groups is 1. The first-order chi connectivity index (χ1) is 9.11. The number of halogens is 1. The lowest BCUT2D eigenvalue weighted by Gasteiger charge is -2.05. The SMILES string of the molecule is N/C(=N/O)c1ccc(NC(=O)c2sccc2Cl)cc1. The van der Waals surface area contributed by atoms with E-state index in [1.165, 1.54) is 11.3 Å². The van der Waals surface area contributed by atoms with Crippen molar-refractivity contribution in [1.29, 1.82) is 0 Å². The molecule has 1 heterocycles. The fraction of sp³-hybridized carbons (Fsp3) is 0. The quantitative estimate of drug-likeness (QED) is 0.352. The highest BCUT2D eigenvalue weighted by molar-refractivity contribution is 7.12. The van der Waals surface area contributed by atoms with Crippen molar-refractivity contribution in [3.05, 3.63) is 51.2 Å². The van der Waals surface area contributed by atoms with Gasteiger partial charge < -0.3 is 16.3 Å². The number of thiophene rings is 1. The number of rotatable bonds is 3. The van der Waals surface area contributed by atoms with Gasteiger partial charge in [-0.1, -0.05) is 16.8 Å². The number of hydrogen-bond acceptors (Lipinski definition) is 4. The molecule has 1 aromatic heterocycles. The first kappa shape index (κ1) is 13.4. The highest BCUT2D eigenvalue weighted by atomic mass is 35.5. The highest BCUT2D eigenvalue weighted by Gasteiger charge is 2.11. The summed E-state index contributed by atoms with van der Waals surface area (Å²) in [6, 6.07) is 8.27. The number of anilines is 1. The third-order valence-corrected chi connectivity index (χ3v) is 3.71. The van der Waals surface area contributed by atoms with Gasteiger partial charge in [-0.25, -0.2) is 0 Å². The molecule has 0 atom stereocenters. The molecular formula is C12H10ClN3O2S. The summed E-state index contributed by atoms with van der Waals surface area (Å²) in [6.07, 6.45) is 0. The monoisotopic (exact) mass is 295 g/mol. The van der Waals surface area contributed by atoms with E-state index >= 15 is 0 Å². The van der Waals surface area contributed by atoms with E-state index in [2.05, 4.69) is 10.5 Å². The molecule has 0 saturated heterocycles. The van der Waals surface area contributed by atoms with Crippen molar-refractivity contribution >= 4 is 40.4 Å². The molecule has 0 fully saturated rings. The van der Waals surface area contributed by atoms with Crippen molar-refractivity contribution in [1.82, 2.24) is 0 Å². The topological polar surface area (TPSA) is 87.7 Å². The van der Waals surface area contributed by atoms with Crippen LogP contribution in [0.5, 0.6) is 0 Å². The first-order valence-electron chi connectivity index (χ1n) is 5.24. The van der Waals surface area contributed by atoms with Gasteiger partial charge in [-0.05, 0) is 35.7 Å². The van der Waals surface area contributed by atoms with Gasteiger partial charge in [0.05, 0.1) is 5.02 Å². The molecule has 0 aliphatic rings. The van der Waals surface area contributed by atoms with Crippen LogP contribution in [0.3, 0.4) is 0 Å². The van der Waals surface area contributed by atoms with Crippen molar-refractivity contribution in [3.8, 4) is 0 Å². The minimum absolute atomic E-state index is 0.0131. The number of amides is 1. The van der Waals surface area contributed by atoms with Gasteiger partial charge in [0, 0.05) is 11.3 Å². The Balaban J connectivity index is 2.12. The van der Waals surface area contributed by atoms with Crippen LogP contribution in [0.4, 0.5) is 5.69 Å². The third-order valence-electron chi connectivity index (χ3n) is 2.37. The molecule has 1 amide bonds. The Morgan fingerprint density at radius 2 is 2.00 bits per heavy atom. The molecule has 0 aliphatic carbocycles. The van der Waals surface area contributed by atoms with E-state index in [9.17, 15) is 4.79 Å². The van der Waals surface area contributed by atoms with Crippen molar-refractivity contribution in [2.45, 2.75) is 0 Å². The Morgan fingerprint density at radius 1 is 1.32 bits per heavy atom. The van der Waals surface area contributed by atoms with Gasteiger partial charge in [-0.15, -0.1) is 11.3 Å². The summed E-state index contributed by atoms with van der Waals surface area (Å²) >= 11 is 7.15. The summed E-state index contributed by atoms with van der Waals surface area (Å²) < 4.78 is 0. The van der Waals surface area contributed by atoms with Crippen LogP contribution in [-0.2, 0) is 0 Å². The molecular weight excluding hydrogens is 286 g/mol. The van der Waals surface area contributed by atoms with Crippen molar-refractivity contribution in [2.75, 3.05) is 5.32 Å². The van der Waals surface area contributed by atoms with Gasteiger partial charge in [0.15, 0.2) is 5.84 Å². The summed E-state index contributed by atoms with van der Waals surface area (Å²) in [5.41, 5.74) is 6.60. The minimum atomic E-state index is -0.267. The second-order valence-electron chi connectivity index (χ2n) is 3.61. The van der Waals surface area contributed by atoms with Crippen molar-refractivity contribution in [2.24, 2.45) is 10.9 Å². The van der Waals surface area contributed by atoms with E-state index in [1.807, 2.05) is 0 Å². The smallest absolute Gasteiger partial charge is 0.267 e. The summed E-state index contributed by atoms with van der Waals surface area (Å²) in [5.74, 6) is -0.254. The number of nitrogens with two attached hydrogens (primary N) is 1. The van der Waals surface area contributed by atoms with Crippen LogP contribution in [0.15, 0.2) is 40.9 Å². The molecule has 0 saturated carbocycles. The van der Waals surface area contributed by atoms with Crippen LogP contribution in [0, 0.1) is 0 Å². The molecule has 2 aromatic rings. The van der Waals surface area contributed by atoms with E-state index in [0.717, 1.165) is 0 Å².